The minimum absolute atomic E-state index is 0.0297. The van der Waals surface area contributed by atoms with Crippen LogP contribution in [0.15, 0.2) is 55.0 Å². The lowest BCUT2D eigenvalue weighted by molar-refractivity contribution is 0.282. The molecule has 130 valence electrons. The number of aromatic amines is 1. The Balaban J connectivity index is 1.70. The van der Waals surface area contributed by atoms with Crippen LogP contribution in [0.4, 0.5) is 11.5 Å². The summed E-state index contributed by atoms with van der Waals surface area (Å²) in [5, 5.41) is 13.3. The molecule has 0 amide bonds. The number of nitrogens with one attached hydrogen (secondary N) is 2. The summed E-state index contributed by atoms with van der Waals surface area (Å²) < 4.78 is 5.15. The summed E-state index contributed by atoms with van der Waals surface area (Å²) in [6.07, 6.45) is 3.18. The zero-order chi connectivity index (χ0) is 17.9. The average Bonchev–Trinajstić information content (AvgIpc) is 3.13. The van der Waals surface area contributed by atoms with Crippen molar-refractivity contribution in [3.05, 3.63) is 60.6 Å². The number of hydrogen-bond donors (Lipinski definition) is 3. The van der Waals surface area contributed by atoms with Gasteiger partial charge < -0.3 is 20.1 Å². The molecule has 26 heavy (non-hydrogen) atoms. The Morgan fingerprint density at radius 2 is 1.92 bits per heavy atom. The monoisotopic (exact) mass is 347 g/mol. The number of aliphatic hydroxyl groups excluding tert-OH is 1. The summed E-state index contributed by atoms with van der Waals surface area (Å²) in [6.45, 7) is 0.0297. The van der Waals surface area contributed by atoms with E-state index < -0.39 is 0 Å². The van der Waals surface area contributed by atoms with Gasteiger partial charge in [0.1, 0.15) is 17.8 Å². The van der Waals surface area contributed by atoms with Crippen molar-refractivity contribution in [1.82, 2.24) is 19.9 Å². The number of fused-ring (bicyclic) bond motifs is 1. The SMILES string of the molecule is COc1cc(Nc2ncnc3[nH]c(-c4ccc(CO)cc4)cc23)ccn1. The van der Waals surface area contributed by atoms with Crippen LogP contribution in [-0.2, 0) is 6.61 Å². The zero-order valence-electron chi connectivity index (χ0n) is 14.1. The van der Waals surface area contributed by atoms with E-state index in [9.17, 15) is 5.11 Å². The molecule has 0 atom stereocenters. The molecule has 7 nitrogen and oxygen atoms in total. The second-order valence-electron chi connectivity index (χ2n) is 5.73. The van der Waals surface area contributed by atoms with Gasteiger partial charge in [-0.25, -0.2) is 15.0 Å². The van der Waals surface area contributed by atoms with E-state index in [1.54, 1.807) is 19.4 Å². The molecule has 0 spiro atoms. The number of methoxy groups -OCH3 is 1. The fraction of sp³-hybridized carbons (Fsp3) is 0.105. The molecule has 0 aliphatic carbocycles. The van der Waals surface area contributed by atoms with Crippen LogP contribution in [0.3, 0.4) is 0 Å². The molecule has 3 heterocycles. The highest BCUT2D eigenvalue weighted by atomic mass is 16.5. The number of H-pyrrole nitrogens is 1. The van der Waals surface area contributed by atoms with E-state index in [0.29, 0.717) is 11.7 Å². The van der Waals surface area contributed by atoms with Crippen LogP contribution in [0, 0.1) is 0 Å². The van der Waals surface area contributed by atoms with Crippen LogP contribution in [-0.4, -0.2) is 32.2 Å². The number of benzene rings is 1. The predicted molar refractivity (Wildman–Crippen MR) is 99.3 cm³/mol. The van der Waals surface area contributed by atoms with Crippen LogP contribution in [0.5, 0.6) is 5.88 Å². The lowest BCUT2D eigenvalue weighted by Gasteiger charge is -2.07. The molecule has 0 aliphatic rings. The van der Waals surface area contributed by atoms with E-state index in [1.807, 2.05) is 36.4 Å². The summed E-state index contributed by atoms with van der Waals surface area (Å²) in [4.78, 5) is 16.1. The first-order chi connectivity index (χ1) is 12.8. The zero-order valence-corrected chi connectivity index (χ0v) is 14.1. The maximum absolute atomic E-state index is 9.18. The average molecular weight is 347 g/mol. The van der Waals surface area contributed by atoms with Gasteiger partial charge in [0.2, 0.25) is 5.88 Å². The summed E-state index contributed by atoms with van der Waals surface area (Å²) >= 11 is 0. The second-order valence-corrected chi connectivity index (χ2v) is 5.73. The Morgan fingerprint density at radius 1 is 1.08 bits per heavy atom. The van der Waals surface area contributed by atoms with Gasteiger partial charge in [0.25, 0.3) is 0 Å². The number of aromatic nitrogens is 4. The summed E-state index contributed by atoms with van der Waals surface area (Å²) in [6, 6.07) is 13.4. The lowest BCUT2D eigenvalue weighted by Crippen LogP contribution is -1.96. The second kappa shape index (κ2) is 6.81. The topological polar surface area (TPSA) is 96.0 Å². The number of anilines is 2. The largest absolute Gasteiger partial charge is 0.481 e. The molecular formula is C19H17N5O2. The van der Waals surface area contributed by atoms with Crippen molar-refractivity contribution < 1.29 is 9.84 Å². The van der Waals surface area contributed by atoms with Crippen molar-refractivity contribution in [2.45, 2.75) is 6.61 Å². The third-order valence-corrected chi connectivity index (χ3v) is 4.08. The van der Waals surface area contributed by atoms with Gasteiger partial charge in [0, 0.05) is 23.6 Å². The third-order valence-electron chi connectivity index (χ3n) is 4.08. The minimum Gasteiger partial charge on any atom is -0.481 e. The molecule has 0 fully saturated rings. The molecule has 0 aliphatic heterocycles. The summed E-state index contributed by atoms with van der Waals surface area (Å²) in [5.41, 5.74) is 4.38. The van der Waals surface area contributed by atoms with Gasteiger partial charge in [0.05, 0.1) is 19.1 Å². The smallest absolute Gasteiger partial charge is 0.214 e. The van der Waals surface area contributed by atoms with Gasteiger partial charge >= 0.3 is 0 Å². The molecule has 7 heteroatoms. The molecular weight excluding hydrogens is 330 g/mol. The number of hydrogen-bond acceptors (Lipinski definition) is 6. The number of rotatable bonds is 5. The number of pyridine rings is 1. The van der Waals surface area contributed by atoms with E-state index >= 15 is 0 Å². The first-order valence-corrected chi connectivity index (χ1v) is 8.08. The van der Waals surface area contributed by atoms with E-state index in [0.717, 1.165) is 33.5 Å². The van der Waals surface area contributed by atoms with E-state index in [-0.39, 0.29) is 6.61 Å². The van der Waals surface area contributed by atoms with Gasteiger partial charge in [-0.15, -0.1) is 0 Å². The van der Waals surface area contributed by atoms with Crippen molar-refractivity contribution >= 4 is 22.5 Å². The number of ether oxygens (including phenoxy) is 1. The fourth-order valence-electron chi connectivity index (χ4n) is 2.72. The first kappa shape index (κ1) is 16.0. The highest BCUT2D eigenvalue weighted by molar-refractivity contribution is 5.92. The molecule has 3 aromatic heterocycles. The van der Waals surface area contributed by atoms with Crippen molar-refractivity contribution in [3.63, 3.8) is 0 Å². The van der Waals surface area contributed by atoms with Crippen molar-refractivity contribution in [2.24, 2.45) is 0 Å². The molecule has 0 saturated heterocycles. The van der Waals surface area contributed by atoms with Crippen LogP contribution in [0.1, 0.15) is 5.56 Å². The molecule has 4 rings (SSSR count). The van der Waals surface area contributed by atoms with Gasteiger partial charge in [0.15, 0.2) is 0 Å². The highest BCUT2D eigenvalue weighted by Crippen LogP contribution is 2.29. The van der Waals surface area contributed by atoms with Gasteiger partial charge in [-0.3, -0.25) is 0 Å². The maximum Gasteiger partial charge on any atom is 0.214 e. The third kappa shape index (κ3) is 3.07. The molecule has 0 saturated carbocycles. The van der Waals surface area contributed by atoms with Crippen LogP contribution in [0.25, 0.3) is 22.3 Å². The quantitative estimate of drug-likeness (QED) is 0.513. The van der Waals surface area contributed by atoms with Crippen LogP contribution < -0.4 is 10.1 Å². The van der Waals surface area contributed by atoms with Crippen LogP contribution in [0.2, 0.25) is 0 Å². The van der Waals surface area contributed by atoms with E-state index in [4.69, 9.17) is 4.74 Å². The normalized spacial score (nSPS) is 10.8. The Hall–Kier alpha value is -3.45. The first-order valence-electron chi connectivity index (χ1n) is 8.08. The summed E-state index contributed by atoms with van der Waals surface area (Å²) in [7, 11) is 1.58. The number of nitrogens with zero attached hydrogens (tertiary/aromatic N) is 3. The van der Waals surface area contributed by atoms with Crippen molar-refractivity contribution in [3.8, 4) is 17.1 Å². The van der Waals surface area contributed by atoms with E-state index in [1.165, 1.54) is 6.33 Å². The number of aliphatic hydroxyl groups is 1. The van der Waals surface area contributed by atoms with E-state index in [2.05, 4.69) is 25.3 Å². The Labute approximate surface area is 149 Å². The maximum atomic E-state index is 9.18. The van der Waals surface area contributed by atoms with Crippen molar-refractivity contribution in [1.29, 1.82) is 0 Å². The fourth-order valence-corrected chi connectivity index (χ4v) is 2.72. The van der Waals surface area contributed by atoms with Gasteiger partial charge in [-0.1, -0.05) is 24.3 Å². The molecule has 1 aromatic carbocycles. The Kier molecular flexibility index (Phi) is 4.20. The highest BCUT2D eigenvalue weighted by Gasteiger charge is 2.10. The lowest BCUT2D eigenvalue weighted by atomic mass is 10.1. The molecule has 3 N–H and O–H groups in total. The molecule has 0 radical (unpaired) electrons. The molecule has 0 bridgehead atoms. The van der Waals surface area contributed by atoms with Crippen molar-refractivity contribution in [2.75, 3.05) is 12.4 Å². The van der Waals surface area contributed by atoms with Crippen LogP contribution >= 0.6 is 0 Å². The molecule has 4 aromatic rings. The summed E-state index contributed by atoms with van der Waals surface area (Å²) in [5.74, 6) is 1.22. The minimum atomic E-state index is 0.0297. The standard InChI is InChI=1S/C19H17N5O2/c1-26-17-8-14(6-7-20-17)23-18-15-9-16(24-19(15)22-11-21-18)13-4-2-12(10-25)3-5-13/h2-9,11,25H,10H2,1H3,(H2,20,21,22,23,24). The van der Waals surface area contributed by atoms with Gasteiger partial charge in [-0.05, 0) is 23.3 Å². The molecule has 0 unspecified atom stereocenters. The van der Waals surface area contributed by atoms with Gasteiger partial charge in [-0.2, -0.15) is 0 Å². The Morgan fingerprint density at radius 3 is 2.69 bits per heavy atom. The Bertz CT molecular complexity index is 1040. The predicted octanol–water partition coefficient (Wildman–Crippen LogP) is 3.26.